The Morgan fingerprint density at radius 3 is 1.10 bits per heavy atom. The Balaban J connectivity index is 0.000000755. The van der Waals surface area contributed by atoms with Gasteiger partial charge in [0.2, 0.25) is 0 Å². The predicted molar refractivity (Wildman–Crippen MR) is 126 cm³/mol. The largest absolute Gasteiger partial charge is 0.855 e. The van der Waals surface area contributed by atoms with Crippen LogP contribution in [0.3, 0.4) is 0 Å². The molecule has 0 saturated heterocycles. The molecule has 0 saturated carbocycles. The van der Waals surface area contributed by atoms with Crippen LogP contribution in [0.25, 0.3) is 0 Å². The van der Waals surface area contributed by atoms with Crippen molar-refractivity contribution in [2.75, 3.05) is 6.61 Å². The summed E-state index contributed by atoms with van der Waals surface area (Å²) >= 11 is 0. The molecule has 0 bridgehead atoms. The lowest BCUT2D eigenvalue weighted by atomic mass is 10.2. The van der Waals surface area contributed by atoms with Crippen LogP contribution in [0.5, 0.6) is 0 Å². The molecule has 0 unspecified atom stereocenters. The third-order valence-corrected chi connectivity index (χ3v) is 9.23. The Labute approximate surface area is 175 Å². The topological polar surface area (TPSA) is 23.1 Å². The second-order valence-corrected chi connectivity index (χ2v) is 10.2. The molecule has 0 aliphatic heterocycles. The molecule has 146 valence electrons. The smallest absolute Gasteiger partial charge is 0.116 e. The van der Waals surface area contributed by atoms with Crippen molar-refractivity contribution >= 4 is 23.2 Å². The highest BCUT2D eigenvalue weighted by atomic mass is 31.2. The zero-order chi connectivity index (χ0) is 20.4. The van der Waals surface area contributed by atoms with Crippen LogP contribution in [0, 0.1) is 0 Å². The maximum atomic E-state index is 8.93. The Hall–Kier alpha value is -2.73. The highest BCUT2D eigenvalue weighted by Gasteiger charge is 2.45. The average Bonchev–Trinajstić information content (AvgIpc) is 2.80. The minimum absolute atomic E-state index is 0. The lowest BCUT2D eigenvalue weighted by molar-refractivity contribution is -0.361. The Morgan fingerprint density at radius 1 is 0.517 bits per heavy atom. The van der Waals surface area contributed by atoms with Crippen LogP contribution in [0.2, 0.25) is 0 Å². The van der Waals surface area contributed by atoms with E-state index >= 15 is 0 Å². The summed E-state index contributed by atoms with van der Waals surface area (Å²) in [5.74, 6) is 0. The van der Waals surface area contributed by atoms with Crippen molar-refractivity contribution in [1.82, 2.24) is 0 Å². The molecule has 0 amide bonds. The summed E-state index contributed by atoms with van der Waals surface area (Å²) in [7, 11) is -1.78. The molecular formula is C27H27OP. The molecule has 29 heavy (non-hydrogen) atoms. The third kappa shape index (κ3) is 5.01. The van der Waals surface area contributed by atoms with Gasteiger partial charge in [-0.3, -0.25) is 0 Å². The van der Waals surface area contributed by atoms with Gasteiger partial charge >= 0.3 is 0 Å². The number of rotatable bonds is 5. The average molecular weight is 398 g/mol. The van der Waals surface area contributed by atoms with Crippen molar-refractivity contribution in [2.45, 2.75) is 13.1 Å². The molecular weight excluding hydrogens is 371 g/mol. The number of hydrogen-bond acceptors (Lipinski definition) is 1. The standard InChI is InChI=1S/C25H22P.C2H5O/c1-5-13-22(14-6-1)21-26(23-15-7-2-8-16-23,24-17-9-3-10-18-24)25-19-11-4-12-20-25;1-2-3/h1-20H,21H2;2H2,1H3/q+1;-1. The van der Waals surface area contributed by atoms with E-state index in [1.807, 2.05) is 0 Å². The second kappa shape index (κ2) is 10.7. The van der Waals surface area contributed by atoms with E-state index in [1.165, 1.54) is 21.5 Å². The molecule has 4 rings (SSSR count). The number of benzene rings is 4. The first-order chi connectivity index (χ1) is 14.3. The van der Waals surface area contributed by atoms with Gasteiger partial charge in [-0.2, -0.15) is 0 Å². The maximum absolute atomic E-state index is 8.93. The minimum atomic E-state index is -1.78. The van der Waals surface area contributed by atoms with Gasteiger partial charge in [-0.1, -0.05) is 91.9 Å². The summed E-state index contributed by atoms with van der Waals surface area (Å²) in [5, 5.41) is 13.2. The lowest BCUT2D eigenvalue weighted by Crippen LogP contribution is -2.32. The van der Waals surface area contributed by atoms with Gasteiger partial charge in [-0.25, -0.2) is 0 Å². The fraction of sp³-hybridized carbons (Fsp3) is 0.111. The Morgan fingerprint density at radius 2 is 0.793 bits per heavy atom. The summed E-state index contributed by atoms with van der Waals surface area (Å²) < 4.78 is 0. The molecule has 0 aliphatic rings. The van der Waals surface area contributed by atoms with E-state index in [0.29, 0.717) is 0 Å². The molecule has 0 radical (unpaired) electrons. The van der Waals surface area contributed by atoms with Crippen molar-refractivity contribution < 1.29 is 5.11 Å². The zero-order valence-corrected chi connectivity index (χ0v) is 17.7. The molecule has 4 aromatic carbocycles. The summed E-state index contributed by atoms with van der Waals surface area (Å²) in [6.45, 7) is 1.57. The van der Waals surface area contributed by atoms with Gasteiger partial charge in [0.05, 0.1) is 6.16 Å². The predicted octanol–water partition coefficient (Wildman–Crippen LogP) is 4.55. The van der Waals surface area contributed by atoms with E-state index < -0.39 is 7.26 Å². The molecule has 4 aromatic rings. The van der Waals surface area contributed by atoms with Crippen molar-refractivity contribution in [1.29, 1.82) is 0 Å². The first-order valence-electron chi connectivity index (χ1n) is 9.98. The Bertz CT molecular complexity index is 858. The van der Waals surface area contributed by atoms with Crippen LogP contribution < -0.4 is 21.0 Å². The third-order valence-electron chi connectivity index (χ3n) is 4.85. The van der Waals surface area contributed by atoms with Crippen molar-refractivity contribution in [2.24, 2.45) is 0 Å². The highest BCUT2D eigenvalue weighted by molar-refractivity contribution is 7.95. The van der Waals surface area contributed by atoms with Crippen LogP contribution >= 0.6 is 7.26 Å². The van der Waals surface area contributed by atoms with Crippen LogP contribution in [-0.2, 0) is 6.16 Å². The van der Waals surface area contributed by atoms with E-state index in [1.54, 1.807) is 6.92 Å². The summed E-state index contributed by atoms with van der Waals surface area (Å²) in [6.07, 6.45) is 1.03. The van der Waals surface area contributed by atoms with Crippen molar-refractivity contribution in [3.05, 3.63) is 127 Å². The van der Waals surface area contributed by atoms with Gasteiger partial charge < -0.3 is 5.11 Å². The molecule has 2 heteroatoms. The zero-order valence-electron chi connectivity index (χ0n) is 16.8. The van der Waals surface area contributed by atoms with E-state index in [-0.39, 0.29) is 6.61 Å². The van der Waals surface area contributed by atoms with Crippen LogP contribution in [0.4, 0.5) is 0 Å². The van der Waals surface area contributed by atoms with Crippen LogP contribution in [-0.4, -0.2) is 6.61 Å². The molecule has 0 fully saturated rings. The fourth-order valence-electron chi connectivity index (χ4n) is 3.63. The van der Waals surface area contributed by atoms with Crippen molar-refractivity contribution in [3.63, 3.8) is 0 Å². The van der Waals surface area contributed by atoms with Gasteiger partial charge in [0, 0.05) is 0 Å². The molecule has 0 aliphatic carbocycles. The minimum Gasteiger partial charge on any atom is -0.855 e. The molecule has 0 aromatic heterocycles. The summed E-state index contributed by atoms with van der Waals surface area (Å²) in [5.41, 5.74) is 1.39. The monoisotopic (exact) mass is 398 g/mol. The second-order valence-electron chi connectivity index (χ2n) is 6.75. The summed E-state index contributed by atoms with van der Waals surface area (Å²) in [6, 6.07) is 44.0. The highest BCUT2D eigenvalue weighted by Crippen LogP contribution is 2.58. The fourth-order valence-corrected chi connectivity index (χ4v) is 7.87. The molecule has 0 N–H and O–H groups in total. The van der Waals surface area contributed by atoms with Gasteiger partial charge in [0.25, 0.3) is 0 Å². The van der Waals surface area contributed by atoms with Gasteiger partial charge in [-0.05, 0) is 42.0 Å². The van der Waals surface area contributed by atoms with E-state index in [2.05, 4.69) is 121 Å². The summed E-state index contributed by atoms with van der Waals surface area (Å²) in [4.78, 5) is 0. The first kappa shape index (κ1) is 21.0. The van der Waals surface area contributed by atoms with Gasteiger partial charge in [-0.15, -0.1) is 6.61 Å². The van der Waals surface area contributed by atoms with Gasteiger partial charge in [0.1, 0.15) is 23.2 Å². The molecule has 0 heterocycles. The van der Waals surface area contributed by atoms with Crippen molar-refractivity contribution in [3.8, 4) is 0 Å². The first-order valence-corrected chi connectivity index (χ1v) is 12.0. The van der Waals surface area contributed by atoms with Crippen LogP contribution in [0.15, 0.2) is 121 Å². The SMILES string of the molecule is CC[O-].c1ccc(C[P+](c2ccccc2)(c2ccccc2)c2ccccc2)cc1. The van der Waals surface area contributed by atoms with Crippen LogP contribution in [0.1, 0.15) is 12.5 Å². The molecule has 0 atom stereocenters. The normalized spacial score (nSPS) is 10.7. The van der Waals surface area contributed by atoms with Gasteiger partial charge in [0.15, 0.2) is 0 Å². The maximum Gasteiger partial charge on any atom is 0.116 e. The molecule has 0 spiro atoms. The van der Waals surface area contributed by atoms with E-state index in [9.17, 15) is 0 Å². The van der Waals surface area contributed by atoms with E-state index in [4.69, 9.17) is 5.11 Å². The lowest BCUT2D eigenvalue weighted by Gasteiger charge is -2.27. The number of hydrogen-bond donors (Lipinski definition) is 0. The molecule has 1 nitrogen and oxygen atoms in total. The quantitative estimate of drug-likeness (QED) is 0.453. The van der Waals surface area contributed by atoms with E-state index in [0.717, 1.165) is 6.16 Å². The Kier molecular flexibility index (Phi) is 7.76.